The minimum atomic E-state index is -0.324. The summed E-state index contributed by atoms with van der Waals surface area (Å²) in [6.45, 7) is 11.5. The Morgan fingerprint density at radius 2 is 1.77 bits per heavy atom. The molecule has 0 saturated carbocycles. The minimum Gasteiger partial charge on any atom is -0.456 e. The van der Waals surface area contributed by atoms with Crippen molar-refractivity contribution in [3.63, 3.8) is 0 Å². The van der Waals surface area contributed by atoms with Crippen molar-refractivity contribution in [2.75, 3.05) is 0 Å². The highest BCUT2D eigenvalue weighted by atomic mass is 16.6. The predicted octanol–water partition coefficient (Wildman–Crippen LogP) is 3.07. The molecule has 0 aromatic carbocycles. The first-order valence-electron chi connectivity index (χ1n) is 4.90. The third-order valence-electron chi connectivity index (χ3n) is 2.55. The summed E-state index contributed by atoms with van der Waals surface area (Å²) in [4.78, 5) is 11.4. The second-order valence-electron chi connectivity index (χ2n) is 3.50. The Kier molecular flexibility index (Phi) is 4.74. The standard InChI is InChI=1S/C11H20O2/c1-6-9(4)10(12)13-11(5,7-2)8-3/h4,6-8H2,1-3,5H3. The number of hydrogen-bond donors (Lipinski definition) is 0. The van der Waals surface area contributed by atoms with E-state index >= 15 is 0 Å². The number of carbonyl (C=O) groups is 1. The van der Waals surface area contributed by atoms with Crippen molar-refractivity contribution in [2.24, 2.45) is 0 Å². The van der Waals surface area contributed by atoms with E-state index < -0.39 is 0 Å². The third-order valence-corrected chi connectivity index (χ3v) is 2.55. The molecule has 0 amide bonds. The van der Waals surface area contributed by atoms with E-state index in [1.165, 1.54) is 0 Å². The lowest BCUT2D eigenvalue weighted by atomic mass is 10.00. The second-order valence-corrected chi connectivity index (χ2v) is 3.50. The maximum atomic E-state index is 11.4. The van der Waals surface area contributed by atoms with Crippen LogP contribution in [-0.2, 0) is 9.53 Å². The number of ether oxygens (including phenoxy) is 1. The van der Waals surface area contributed by atoms with E-state index in [1.54, 1.807) is 0 Å². The first-order valence-corrected chi connectivity index (χ1v) is 4.90. The van der Waals surface area contributed by atoms with Gasteiger partial charge in [0.05, 0.1) is 0 Å². The zero-order chi connectivity index (χ0) is 10.5. The molecular formula is C11H20O2. The zero-order valence-corrected chi connectivity index (χ0v) is 9.14. The average Bonchev–Trinajstić information content (AvgIpc) is 2.16. The topological polar surface area (TPSA) is 26.3 Å². The number of carbonyl (C=O) groups excluding carboxylic acids is 1. The summed E-state index contributed by atoms with van der Waals surface area (Å²) in [7, 11) is 0. The van der Waals surface area contributed by atoms with Crippen LogP contribution in [0.2, 0.25) is 0 Å². The molecule has 0 aliphatic rings. The van der Waals surface area contributed by atoms with E-state index in [2.05, 4.69) is 6.58 Å². The Bertz CT molecular complexity index is 190. The maximum Gasteiger partial charge on any atom is 0.333 e. The fourth-order valence-electron chi connectivity index (χ4n) is 0.835. The molecule has 13 heavy (non-hydrogen) atoms. The van der Waals surface area contributed by atoms with Gasteiger partial charge in [-0.05, 0) is 26.2 Å². The summed E-state index contributed by atoms with van der Waals surface area (Å²) in [5.41, 5.74) is 0.225. The Hall–Kier alpha value is -0.790. The van der Waals surface area contributed by atoms with Gasteiger partial charge < -0.3 is 4.74 Å². The molecule has 0 spiro atoms. The molecule has 0 aliphatic carbocycles. The summed E-state index contributed by atoms with van der Waals surface area (Å²) in [6.07, 6.45) is 2.33. The lowest BCUT2D eigenvalue weighted by Crippen LogP contribution is -2.30. The average molecular weight is 184 g/mol. The van der Waals surface area contributed by atoms with Gasteiger partial charge in [0.1, 0.15) is 5.60 Å². The van der Waals surface area contributed by atoms with Crippen molar-refractivity contribution in [1.82, 2.24) is 0 Å². The Labute approximate surface area is 81.0 Å². The van der Waals surface area contributed by atoms with Gasteiger partial charge in [-0.1, -0.05) is 27.4 Å². The largest absolute Gasteiger partial charge is 0.456 e. The number of rotatable bonds is 5. The van der Waals surface area contributed by atoms with Gasteiger partial charge >= 0.3 is 5.97 Å². The molecule has 0 fully saturated rings. The van der Waals surface area contributed by atoms with E-state index in [0.29, 0.717) is 12.0 Å². The van der Waals surface area contributed by atoms with Crippen molar-refractivity contribution in [1.29, 1.82) is 0 Å². The molecule has 0 bridgehead atoms. The second kappa shape index (κ2) is 5.05. The zero-order valence-electron chi connectivity index (χ0n) is 9.14. The molecule has 2 heteroatoms. The highest BCUT2D eigenvalue weighted by molar-refractivity contribution is 5.87. The van der Waals surface area contributed by atoms with Gasteiger partial charge in [-0.3, -0.25) is 0 Å². The van der Waals surface area contributed by atoms with Crippen LogP contribution in [0, 0.1) is 0 Å². The number of hydrogen-bond acceptors (Lipinski definition) is 2. The van der Waals surface area contributed by atoms with Crippen LogP contribution in [0.3, 0.4) is 0 Å². The Morgan fingerprint density at radius 3 is 2.08 bits per heavy atom. The van der Waals surface area contributed by atoms with Crippen molar-refractivity contribution < 1.29 is 9.53 Å². The fraction of sp³-hybridized carbons (Fsp3) is 0.727. The molecule has 0 aliphatic heterocycles. The first kappa shape index (κ1) is 12.2. The van der Waals surface area contributed by atoms with Gasteiger partial charge in [-0.15, -0.1) is 0 Å². The van der Waals surface area contributed by atoms with Crippen LogP contribution in [-0.4, -0.2) is 11.6 Å². The third kappa shape index (κ3) is 3.62. The molecule has 0 unspecified atom stereocenters. The quantitative estimate of drug-likeness (QED) is 0.485. The smallest absolute Gasteiger partial charge is 0.333 e. The van der Waals surface area contributed by atoms with Crippen molar-refractivity contribution >= 4 is 5.97 Å². The van der Waals surface area contributed by atoms with Crippen molar-refractivity contribution in [3.8, 4) is 0 Å². The molecule has 0 aromatic heterocycles. The van der Waals surface area contributed by atoms with E-state index in [4.69, 9.17) is 4.74 Å². The van der Waals surface area contributed by atoms with Gasteiger partial charge in [0.2, 0.25) is 0 Å². The van der Waals surface area contributed by atoms with Gasteiger partial charge in [0, 0.05) is 5.57 Å². The van der Waals surface area contributed by atoms with Crippen molar-refractivity contribution in [2.45, 2.75) is 52.6 Å². The van der Waals surface area contributed by atoms with Crippen LogP contribution < -0.4 is 0 Å². The van der Waals surface area contributed by atoms with E-state index in [9.17, 15) is 4.79 Å². The lowest BCUT2D eigenvalue weighted by molar-refractivity contribution is -0.153. The SMILES string of the molecule is C=C(CC)C(=O)OC(C)(CC)CC. The van der Waals surface area contributed by atoms with Gasteiger partial charge in [0.15, 0.2) is 0 Å². The highest BCUT2D eigenvalue weighted by Gasteiger charge is 2.24. The summed E-state index contributed by atoms with van der Waals surface area (Å²) < 4.78 is 5.35. The molecule has 2 nitrogen and oxygen atoms in total. The normalized spacial score (nSPS) is 11.1. The molecule has 0 heterocycles. The van der Waals surface area contributed by atoms with E-state index in [1.807, 2.05) is 27.7 Å². The molecule has 0 saturated heterocycles. The maximum absolute atomic E-state index is 11.4. The molecule has 0 aromatic rings. The van der Waals surface area contributed by atoms with Gasteiger partial charge in [0.25, 0.3) is 0 Å². The van der Waals surface area contributed by atoms with Crippen molar-refractivity contribution in [3.05, 3.63) is 12.2 Å². The molecule has 76 valence electrons. The van der Waals surface area contributed by atoms with Gasteiger partial charge in [-0.2, -0.15) is 0 Å². The van der Waals surface area contributed by atoms with Crippen LogP contribution in [0.4, 0.5) is 0 Å². The monoisotopic (exact) mass is 184 g/mol. The first-order chi connectivity index (χ1) is 5.99. The van der Waals surface area contributed by atoms with Gasteiger partial charge in [-0.25, -0.2) is 4.79 Å². The van der Waals surface area contributed by atoms with Crippen LogP contribution in [0.15, 0.2) is 12.2 Å². The number of esters is 1. The fourth-order valence-corrected chi connectivity index (χ4v) is 0.835. The minimum absolute atomic E-state index is 0.256. The van der Waals surface area contributed by atoms with E-state index in [-0.39, 0.29) is 11.6 Å². The molecule has 0 radical (unpaired) electrons. The molecule has 0 N–H and O–H groups in total. The van der Waals surface area contributed by atoms with Crippen LogP contribution in [0.1, 0.15) is 47.0 Å². The predicted molar refractivity (Wildman–Crippen MR) is 54.5 cm³/mol. The summed E-state index contributed by atoms with van der Waals surface area (Å²) in [5.74, 6) is -0.256. The van der Waals surface area contributed by atoms with Crippen LogP contribution >= 0.6 is 0 Å². The molecule has 0 atom stereocenters. The molecular weight excluding hydrogens is 164 g/mol. The van der Waals surface area contributed by atoms with Crippen LogP contribution in [0.25, 0.3) is 0 Å². The van der Waals surface area contributed by atoms with E-state index in [0.717, 1.165) is 12.8 Å². The summed E-state index contributed by atoms with van der Waals surface area (Å²) >= 11 is 0. The lowest BCUT2D eigenvalue weighted by Gasteiger charge is -2.27. The Balaban J connectivity index is 4.25. The highest BCUT2D eigenvalue weighted by Crippen LogP contribution is 2.21. The summed E-state index contributed by atoms with van der Waals surface area (Å²) in [5, 5.41) is 0. The summed E-state index contributed by atoms with van der Waals surface area (Å²) in [6, 6.07) is 0. The molecule has 0 rings (SSSR count). The Morgan fingerprint density at radius 1 is 1.31 bits per heavy atom. The van der Waals surface area contributed by atoms with Crippen LogP contribution in [0.5, 0.6) is 0 Å².